The van der Waals surface area contributed by atoms with Gasteiger partial charge in [0.1, 0.15) is 0 Å². The Morgan fingerprint density at radius 1 is 1.07 bits per heavy atom. The minimum absolute atomic E-state index is 0.210. The van der Waals surface area contributed by atoms with Crippen molar-refractivity contribution < 1.29 is 14.6 Å². The Hall–Kier alpha value is -1.30. The van der Waals surface area contributed by atoms with Crippen molar-refractivity contribution in [3.8, 4) is 11.5 Å². The summed E-state index contributed by atoms with van der Waals surface area (Å²) in [6, 6.07) is 4.52. The van der Waals surface area contributed by atoms with Crippen LogP contribution in [0.25, 0.3) is 0 Å². The van der Waals surface area contributed by atoms with Crippen molar-refractivity contribution in [2.75, 3.05) is 34.4 Å². The lowest BCUT2D eigenvalue weighted by molar-refractivity contribution is -0.0191. The molecule has 0 amide bonds. The van der Waals surface area contributed by atoms with E-state index in [4.69, 9.17) is 9.47 Å². The standard InChI is InChI=1S/C19H29NO3.2C2H6.CH5N/c1-12(2)7-14-11-20-6-5-13-8-18(22-3)19(23-4)9-15(13)16(20)10-17(14)21;3*1-2/h8-9,12,14,16-17,21H,5-7,10-11H2,1-4H3;2*1-2H3;2H2,1H3. The van der Waals surface area contributed by atoms with Crippen LogP contribution in [-0.2, 0) is 6.42 Å². The summed E-state index contributed by atoms with van der Waals surface area (Å²) in [6.07, 6.45) is 2.75. The molecule has 0 bridgehead atoms. The van der Waals surface area contributed by atoms with Gasteiger partial charge in [0.05, 0.1) is 20.3 Å². The summed E-state index contributed by atoms with van der Waals surface area (Å²) in [5.41, 5.74) is 7.13. The second kappa shape index (κ2) is 14.6. The van der Waals surface area contributed by atoms with Crippen molar-refractivity contribution in [3.63, 3.8) is 0 Å². The van der Waals surface area contributed by atoms with Gasteiger partial charge in [-0.05, 0) is 61.4 Å². The quantitative estimate of drug-likeness (QED) is 0.756. The SMILES string of the molecule is CC.CC.CN.COc1cc2c(cc1OC)C1CC(O)C(CC(C)C)CN1CC2. The molecule has 2 heterocycles. The van der Waals surface area contributed by atoms with Crippen LogP contribution in [0, 0.1) is 11.8 Å². The molecule has 5 heteroatoms. The highest BCUT2D eigenvalue weighted by Crippen LogP contribution is 2.43. The molecule has 2 aliphatic rings. The number of hydrogen-bond acceptors (Lipinski definition) is 5. The first kappa shape index (κ1) is 27.7. The Labute approximate surface area is 179 Å². The van der Waals surface area contributed by atoms with E-state index in [2.05, 4.69) is 36.6 Å². The number of rotatable bonds is 4. The summed E-state index contributed by atoms with van der Waals surface area (Å²) in [7, 11) is 4.86. The molecule has 3 unspecified atom stereocenters. The number of hydrogen-bond donors (Lipinski definition) is 2. The first-order valence-electron chi connectivity index (χ1n) is 11.3. The molecule has 1 saturated heterocycles. The first-order chi connectivity index (χ1) is 14.0. The minimum Gasteiger partial charge on any atom is -0.493 e. The van der Waals surface area contributed by atoms with Gasteiger partial charge in [-0.1, -0.05) is 41.5 Å². The predicted octanol–water partition coefficient (Wildman–Crippen LogP) is 4.66. The summed E-state index contributed by atoms with van der Waals surface area (Å²) in [5, 5.41) is 10.6. The monoisotopic (exact) mass is 410 g/mol. The van der Waals surface area contributed by atoms with E-state index in [1.54, 1.807) is 14.2 Å². The van der Waals surface area contributed by atoms with Crippen LogP contribution < -0.4 is 15.2 Å². The number of methoxy groups -OCH3 is 2. The Morgan fingerprint density at radius 2 is 1.62 bits per heavy atom. The van der Waals surface area contributed by atoms with Gasteiger partial charge in [0.2, 0.25) is 0 Å². The zero-order chi connectivity index (χ0) is 22.6. The molecular formula is C24H46N2O3. The molecule has 3 rings (SSSR count). The van der Waals surface area contributed by atoms with Crippen molar-refractivity contribution >= 4 is 0 Å². The predicted molar refractivity (Wildman–Crippen MR) is 124 cm³/mol. The first-order valence-corrected chi connectivity index (χ1v) is 11.3. The van der Waals surface area contributed by atoms with Gasteiger partial charge in [0.25, 0.3) is 0 Å². The number of aliphatic hydroxyl groups excluding tert-OH is 1. The summed E-state index contributed by atoms with van der Waals surface area (Å²) >= 11 is 0. The average molecular weight is 411 g/mol. The van der Waals surface area contributed by atoms with E-state index < -0.39 is 0 Å². The molecule has 29 heavy (non-hydrogen) atoms. The van der Waals surface area contributed by atoms with Gasteiger partial charge in [0, 0.05) is 19.1 Å². The Bertz CT molecular complexity index is 563. The molecule has 0 saturated carbocycles. The van der Waals surface area contributed by atoms with E-state index in [0.717, 1.165) is 43.9 Å². The Balaban J connectivity index is 0.00000120. The molecule has 170 valence electrons. The zero-order valence-electron chi connectivity index (χ0n) is 20.3. The van der Waals surface area contributed by atoms with Crippen LogP contribution in [0.15, 0.2) is 12.1 Å². The molecule has 0 aliphatic carbocycles. The summed E-state index contributed by atoms with van der Waals surface area (Å²) < 4.78 is 10.9. The Morgan fingerprint density at radius 3 is 2.14 bits per heavy atom. The summed E-state index contributed by atoms with van der Waals surface area (Å²) in [6.45, 7) is 14.5. The molecule has 5 nitrogen and oxygen atoms in total. The molecular weight excluding hydrogens is 364 g/mol. The van der Waals surface area contributed by atoms with Crippen molar-refractivity contribution in [2.24, 2.45) is 17.6 Å². The summed E-state index contributed by atoms with van der Waals surface area (Å²) in [4.78, 5) is 2.55. The smallest absolute Gasteiger partial charge is 0.161 e. The van der Waals surface area contributed by atoms with Gasteiger partial charge >= 0.3 is 0 Å². The number of nitrogens with zero attached hydrogens (tertiary/aromatic N) is 1. The van der Waals surface area contributed by atoms with Crippen molar-refractivity contribution in [1.82, 2.24) is 4.90 Å². The van der Waals surface area contributed by atoms with Crippen LogP contribution in [0.5, 0.6) is 11.5 Å². The van der Waals surface area contributed by atoms with Crippen LogP contribution >= 0.6 is 0 Å². The number of nitrogens with two attached hydrogens (primary N) is 1. The average Bonchev–Trinajstić information content (AvgIpc) is 2.77. The van der Waals surface area contributed by atoms with Gasteiger partial charge in [-0.2, -0.15) is 0 Å². The van der Waals surface area contributed by atoms with E-state index in [9.17, 15) is 5.11 Å². The van der Waals surface area contributed by atoms with Gasteiger partial charge in [0.15, 0.2) is 11.5 Å². The second-order valence-corrected chi connectivity index (χ2v) is 7.36. The van der Waals surface area contributed by atoms with Gasteiger partial charge in [-0.15, -0.1) is 0 Å². The molecule has 3 N–H and O–H groups in total. The highest BCUT2D eigenvalue weighted by Gasteiger charge is 2.38. The molecule has 1 fully saturated rings. The highest BCUT2D eigenvalue weighted by molar-refractivity contribution is 5.49. The normalized spacial score (nSPS) is 22.4. The maximum absolute atomic E-state index is 10.6. The molecule has 2 aliphatic heterocycles. The topological polar surface area (TPSA) is 68.0 Å². The zero-order valence-corrected chi connectivity index (χ0v) is 20.3. The molecule has 1 aromatic carbocycles. The third-order valence-corrected chi connectivity index (χ3v) is 5.37. The minimum atomic E-state index is -0.210. The fourth-order valence-corrected chi connectivity index (χ4v) is 4.26. The van der Waals surface area contributed by atoms with Gasteiger partial charge in [-0.25, -0.2) is 0 Å². The number of aliphatic hydroxyl groups is 1. The van der Waals surface area contributed by atoms with E-state index in [0.29, 0.717) is 17.9 Å². The van der Waals surface area contributed by atoms with Crippen LogP contribution in [0.1, 0.15) is 71.6 Å². The molecule has 0 aromatic heterocycles. The lowest BCUT2D eigenvalue weighted by atomic mass is 9.79. The van der Waals surface area contributed by atoms with Crippen molar-refractivity contribution in [1.29, 1.82) is 0 Å². The maximum Gasteiger partial charge on any atom is 0.161 e. The van der Waals surface area contributed by atoms with Crippen LogP contribution in [0.4, 0.5) is 0 Å². The maximum atomic E-state index is 10.6. The fraction of sp³-hybridized carbons (Fsp3) is 0.750. The number of ether oxygens (including phenoxy) is 2. The number of piperidine rings is 1. The third-order valence-electron chi connectivity index (χ3n) is 5.37. The Kier molecular flexibility index (Phi) is 14.0. The lowest BCUT2D eigenvalue weighted by Crippen LogP contribution is -2.48. The number of benzene rings is 1. The van der Waals surface area contributed by atoms with Crippen molar-refractivity contribution in [3.05, 3.63) is 23.3 Å². The fourth-order valence-electron chi connectivity index (χ4n) is 4.26. The molecule has 1 aromatic rings. The molecule has 3 atom stereocenters. The van der Waals surface area contributed by atoms with E-state index in [-0.39, 0.29) is 6.10 Å². The van der Waals surface area contributed by atoms with E-state index in [1.165, 1.54) is 18.2 Å². The van der Waals surface area contributed by atoms with Gasteiger partial charge < -0.3 is 20.3 Å². The van der Waals surface area contributed by atoms with E-state index >= 15 is 0 Å². The van der Waals surface area contributed by atoms with Crippen LogP contribution in [-0.4, -0.2) is 50.5 Å². The number of fused-ring (bicyclic) bond motifs is 3. The largest absolute Gasteiger partial charge is 0.493 e. The van der Waals surface area contributed by atoms with Crippen LogP contribution in [0.2, 0.25) is 0 Å². The van der Waals surface area contributed by atoms with Gasteiger partial charge in [-0.3, -0.25) is 4.90 Å². The van der Waals surface area contributed by atoms with Crippen molar-refractivity contribution in [2.45, 2.75) is 73.0 Å². The summed E-state index contributed by atoms with van der Waals surface area (Å²) in [5.74, 6) is 2.61. The van der Waals surface area contributed by atoms with Crippen LogP contribution in [0.3, 0.4) is 0 Å². The molecule has 0 radical (unpaired) electrons. The second-order valence-electron chi connectivity index (χ2n) is 7.36. The lowest BCUT2D eigenvalue weighted by Gasteiger charge is -2.46. The third kappa shape index (κ3) is 7.16. The highest BCUT2D eigenvalue weighted by atomic mass is 16.5. The molecule has 0 spiro atoms. The van der Waals surface area contributed by atoms with E-state index in [1.807, 2.05) is 27.7 Å².